The van der Waals surface area contributed by atoms with Crippen LogP contribution in [0.25, 0.3) is 21.3 Å². The van der Waals surface area contributed by atoms with Crippen molar-refractivity contribution in [1.82, 2.24) is 9.97 Å². The van der Waals surface area contributed by atoms with Gasteiger partial charge in [0.25, 0.3) is 0 Å². The summed E-state index contributed by atoms with van der Waals surface area (Å²) in [6.07, 6.45) is 1.47. The van der Waals surface area contributed by atoms with Crippen LogP contribution in [0.4, 0.5) is 11.5 Å². The molecule has 0 atom stereocenters. The number of fused-ring (bicyclic) bond motifs is 1. The lowest BCUT2D eigenvalue weighted by Gasteiger charge is -2.04. The highest BCUT2D eigenvalue weighted by atomic mass is 35.5. The zero-order chi connectivity index (χ0) is 12.7. The Hall–Kier alpha value is -1.85. The molecule has 18 heavy (non-hydrogen) atoms. The van der Waals surface area contributed by atoms with Crippen LogP contribution in [0, 0.1) is 0 Å². The Balaban J connectivity index is 2.28. The molecule has 3 rings (SSSR count). The summed E-state index contributed by atoms with van der Waals surface area (Å²) < 4.78 is 0. The number of thiophene rings is 1. The molecule has 4 N–H and O–H groups in total. The Morgan fingerprint density at radius 1 is 1.17 bits per heavy atom. The highest BCUT2D eigenvalue weighted by Crippen LogP contribution is 2.37. The quantitative estimate of drug-likeness (QED) is 0.669. The molecule has 3 aromatic rings. The molecule has 0 bridgehead atoms. The Labute approximate surface area is 112 Å². The van der Waals surface area contributed by atoms with Gasteiger partial charge in [0.05, 0.1) is 16.1 Å². The van der Waals surface area contributed by atoms with E-state index in [1.807, 2.05) is 17.5 Å². The SMILES string of the molecule is Nc1ccc(-c2csc3ncnc(N)c23)cc1Cl. The minimum Gasteiger partial charge on any atom is -0.398 e. The molecule has 90 valence electrons. The molecule has 0 saturated carbocycles. The molecule has 0 spiro atoms. The summed E-state index contributed by atoms with van der Waals surface area (Å²) in [5.74, 6) is 0.476. The number of rotatable bonds is 1. The van der Waals surface area contributed by atoms with Gasteiger partial charge >= 0.3 is 0 Å². The normalized spacial score (nSPS) is 10.9. The second-order valence-corrected chi connectivity index (χ2v) is 5.09. The summed E-state index contributed by atoms with van der Waals surface area (Å²) in [6.45, 7) is 0. The molecule has 0 aliphatic carbocycles. The van der Waals surface area contributed by atoms with Gasteiger partial charge in [0.1, 0.15) is 17.0 Å². The Bertz CT molecular complexity index is 738. The number of nitrogens with two attached hydrogens (primary N) is 2. The third-order valence-corrected chi connectivity index (χ3v) is 3.92. The first-order valence-corrected chi connectivity index (χ1v) is 6.45. The van der Waals surface area contributed by atoms with Crippen molar-refractivity contribution in [2.24, 2.45) is 0 Å². The van der Waals surface area contributed by atoms with Gasteiger partial charge in [-0.1, -0.05) is 17.7 Å². The lowest BCUT2D eigenvalue weighted by Crippen LogP contribution is -1.92. The van der Waals surface area contributed by atoms with E-state index in [1.165, 1.54) is 17.7 Å². The van der Waals surface area contributed by atoms with Crippen molar-refractivity contribution < 1.29 is 0 Å². The third-order valence-electron chi connectivity index (χ3n) is 2.71. The van der Waals surface area contributed by atoms with Crippen molar-refractivity contribution in [3.63, 3.8) is 0 Å². The standard InChI is InChI=1S/C12H9ClN4S/c13-8-3-6(1-2-9(8)14)7-4-18-12-10(7)11(15)16-5-17-12/h1-5H,14H2,(H2,15,16,17). The molecule has 4 nitrogen and oxygen atoms in total. The minimum atomic E-state index is 0.476. The molecule has 2 aromatic heterocycles. The number of benzene rings is 1. The van der Waals surface area contributed by atoms with E-state index in [4.69, 9.17) is 23.1 Å². The maximum absolute atomic E-state index is 6.04. The van der Waals surface area contributed by atoms with Gasteiger partial charge in [0.15, 0.2) is 0 Å². The second kappa shape index (κ2) is 4.12. The van der Waals surface area contributed by atoms with E-state index in [-0.39, 0.29) is 0 Å². The fraction of sp³-hybridized carbons (Fsp3) is 0. The van der Waals surface area contributed by atoms with E-state index < -0.39 is 0 Å². The molecule has 2 heterocycles. The maximum Gasteiger partial charge on any atom is 0.136 e. The molecular formula is C12H9ClN4S. The number of anilines is 2. The number of aromatic nitrogens is 2. The van der Waals surface area contributed by atoms with Gasteiger partial charge in [0.2, 0.25) is 0 Å². The van der Waals surface area contributed by atoms with Crippen LogP contribution in [0.5, 0.6) is 0 Å². The number of hydrogen-bond acceptors (Lipinski definition) is 5. The van der Waals surface area contributed by atoms with Crippen LogP contribution in [0.2, 0.25) is 5.02 Å². The molecule has 0 amide bonds. The van der Waals surface area contributed by atoms with Crippen molar-refractivity contribution in [2.45, 2.75) is 0 Å². The van der Waals surface area contributed by atoms with Gasteiger partial charge < -0.3 is 11.5 Å². The summed E-state index contributed by atoms with van der Waals surface area (Å²) in [7, 11) is 0. The van der Waals surface area contributed by atoms with E-state index in [9.17, 15) is 0 Å². The van der Waals surface area contributed by atoms with Gasteiger partial charge in [-0.3, -0.25) is 0 Å². The first-order chi connectivity index (χ1) is 8.66. The van der Waals surface area contributed by atoms with Crippen LogP contribution in [-0.4, -0.2) is 9.97 Å². The zero-order valence-electron chi connectivity index (χ0n) is 9.22. The third kappa shape index (κ3) is 1.68. The number of hydrogen-bond donors (Lipinski definition) is 2. The molecule has 0 saturated heterocycles. The van der Waals surface area contributed by atoms with Crippen molar-refractivity contribution >= 4 is 44.7 Å². The Morgan fingerprint density at radius 2 is 2.00 bits per heavy atom. The van der Waals surface area contributed by atoms with Crippen molar-refractivity contribution in [3.05, 3.63) is 34.9 Å². The van der Waals surface area contributed by atoms with Gasteiger partial charge in [-0.15, -0.1) is 11.3 Å². The van der Waals surface area contributed by atoms with Crippen LogP contribution in [-0.2, 0) is 0 Å². The number of halogens is 1. The van der Waals surface area contributed by atoms with E-state index >= 15 is 0 Å². The fourth-order valence-corrected chi connectivity index (χ4v) is 2.91. The predicted octanol–water partition coefficient (Wildman–Crippen LogP) is 3.18. The lowest BCUT2D eigenvalue weighted by molar-refractivity contribution is 1.24. The zero-order valence-corrected chi connectivity index (χ0v) is 10.8. The summed E-state index contributed by atoms with van der Waals surface area (Å²) in [5, 5.41) is 3.39. The average molecular weight is 277 g/mol. The van der Waals surface area contributed by atoms with Gasteiger partial charge in [-0.25, -0.2) is 9.97 Å². The average Bonchev–Trinajstić information content (AvgIpc) is 2.78. The number of nitrogens with zero attached hydrogens (tertiary/aromatic N) is 2. The Kier molecular flexibility index (Phi) is 2.57. The van der Waals surface area contributed by atoms with E-state index in [0.29, 0.717) is 16.5 Å². The van der Waals surface area contributed by atoms with E-state index in [2.05, 4.69) is 9.97 Å². The van der Waals surface area contributed by atoms with Gasteiger partial charge in [0, 0.05) is 10.9 Å². The molecule has 0 aliphatic rings. The second-order valence-electron chi connectivity index (χ2n) is 3.82. The van der Waals surface area contributed by atoms with E-state index in [1.54, 1.807) is 6.07 Å². The molecule has 0 fully saturated rings. The summed E-state index contributed by atoms with van der Waals surface area (Å²) >= 11 is 7.57. The first kappa shape index (κ1) is 11.3. The van der Waals surface area contributed by atoms with Crippen LogP contribution < -0.4 is 11.5 Å². The van der Waals surface area contributed by atoms with Crippen LogP contribution in [0.15, 0.2) is 29.9 Å². The molecule has 1 aromatic carbocycles. The molecular weight excluding hydrogens is 268 g/mol. The van der Waals surface area contributed by atoms with Crippen molar-refractivity contribution in [3.8, 4) is 11.1 Å². The van der Waals surface area contributed by atoms with Gasteiger partial charge in [-0.2, -0.15) is 0 Å². The maximum atomic E-state index is 6.04. The lowest BCUT2D eigenvalue weighted by atomic mass is 10.1. The monoisotopic (exact) mass is 276 g/mol. The van der Waals surface area contributed by atoms with E-state index in [0.717, 1.165) is 21.3 Å². The summed E-state index contributed by atoms with van der Waals surface area (Å²) in [5.41, 5.74) is 14.1. The smallest absolute Gasteiger partial charge is 0.136 e. The Morgan fingerprint density at radius 3 is 2.78 bits per heavy atom. The number of nitrogen functional groups attached to an aromatic ring is 2. The van der Waals surface area contributed by atoms with Gasteiger partial charge in [-0.05, 0) is 17.7 Å². The molecule has 6 heteroatoms. The minimum absolute atomic E-state index is 0.476. The van der Waals surface area contributed by atoms with Crippen molar-refractivity contribution in [2.75, 3.05) is 11.5 Å². The van der Waals surface area contributed by atoms with Crippen LogP contribution in [0.3, 0.4) is 0 Å². The highest BCUT2D eigenvalue weighted by Gasteiger charge is 2.11. The van der Waals surface area contributed by atoms with Crippen LogP contribution in [0.1, 0.15) is 0 Å². The molecule has 0 unspecified atom stereocenters. The summed E-state index contributed by atoms with van der Waals surface area (Å²) in [4.78, 5) is 9.09. The first-order valence-electron chi connectivity index (χ1n) is 5.20. The predicted molar refractivity (Wildman–Crippen MR) is 76.7 cm³/mol. The topological polar surface area (TPSA) is 77.8 Å². The molecule has 0 aliphatic heterocycles. The highest BCUT2D eigenvalue weighted by molar-refractivity contribution is 7.17. The largest absolute Gasteiger partial charge is 0.398 e. The van der Waals surface area contributed by atoms with Crippen molar-refractivity contribution in [1.29, 1.82) is 0 Å². The molecule has 0 radical (unpaired) electrons. The van der Waals surface area contributed by atoms with Crippen LogP contribution >= 0.6 is 22.9 Å². The fourth-order valence-electron chi connectivity index (χ4n) is 1.81. The summed E-state index contributed by atoms with van der Waals surface area (Å²) in [6, 6.07) is 5.52.